The number of thioether (sulfide) groups is 1. The molecule has 0 aliphatic carbocycles. The summed E-state index contributed by atoms with van der Waals surface area (Å²) in [7, 11) is 0. The molecule has 0 saturated heterocycles. The number of aromatic nitrogens is 1. The summed E-state index contributed by atoms with van der Waals surface area (Å²) in [5.74, 6) is -0.491. The Kier molecular flexibility index (Phi) is 5.28. The summed E-state index contributed by atoms with van der Waals surface area (Å²) in [5.41, 5.74) is 0.622. The molecule has 2 aromatic rings. The van der Waals surface area contributed by atoms with Gasteiger partial charge in [-0.25, -0.2) is 9.78 Å². The van der Waals surface area contributed by atoms with Gasteiger partial charge in [0.2, 0.25) is 5.91 Å². The van der Waals surface area contributed by atoms with Gasteiger partial charge in [0.05, 0.1) is 27.5 Å². The number of imide groups is 1. The highest BCUT2D eigenvalue weighted by atomic mass is 32.2. The molecule has 10 heteroatoms. The minimum atomic E-state index is -0.784. The van der Waals surface area contributed by atoms with Gasteiger partial charge < -0.3 is 4.74 Å². The van der Waals surface area contributed by atoms with Gasteiger partial charge in [-0.3, -0.25) is 20.2 Å². The van der Waals surface area contributed by atoms with Crippen LogP contribution in [0, 0.1) is 10.1 Å². The number of nitro benzene ring substituents is 1. The lowest BCUT2D eigenvalue weighted by Gasteiger charge is -2.02. The highest BCUT2D eigenvalue weighted by Crippen LogP contribution is 2.31. The van der Waals surface area contributed by atoms with Gasteiger partial charge in [0.1, 0.15) is 0 Å². The van der Waals surface area contributed by atoms with E-state index in [1.54, 1.807) is 13.0 Å². The van der Waals surface area contributed by atoms with E-state index in [4.69, 9.17) is 0 Å². The van der Waals surface area contributed by atoms with Crippen molar-refractivity contribution in [2.24, 2.45) is 0 Å². The fourth-order valence-corrected chi connectivity index (χ4v) is 3.41. The molecule has 0 spiro atoms. The zero-order valence-corrected chi connectivity index (χ0v) is 13.0. The van der Waals surface area contributed by atoms with E-state index >= 15 is 0 Å². The molecule has 8 nitrogen and oxygen atoms in total. The Balaban J connectivity index is 1.98. The van der Waals surface area contributed by atoms with Crippen molar-refractivity contribution >= 4 is 51.0 Å². The summed E-state index contributed by atoms with van der Waals surface area (Å²) in [6, 6.07) is 4.38. The van der Waals surface area contributed by atoms with Gasteiger partial charge in [0, 0.05) is 12.1 Å². The van der Waals surface area contributed by atoms with E-state index < -0.39 is 16.9 Å². The molecule has 116 valence electrons. The molecule has 1 heterocycles. The topological polar surface area (TPSA) is 111 Å². The third kappa shape index (κ3) is 4.15. The number of benzene rings is 1. The number of carbonyl (C=O) groups excluding carboxylic acids is 2. The Hall–Kier alpha value is -2.20. The van der Waals surface area contributed by atoms with Crippen LogP contribution in [0.15, 0.2) is 22.5 Å². The zero-order chi connectivity index (χ0) is 16.1. The summed E-state index contributed by atoms with van der Waals surface area (Å²) in [4.78, 5) is 37.1. The molecule has 2 rings (SSSR count). The van der Waals surface area contributed by atoms with Crippen LogP contribution in [0.5, 0.6) is 0 Å². The maximum Gasteiger partial charge on any atom is 0.413 e. The van der Waals surface area contributed by atoms with Crippen molar-refractivity contribution in [2.45, 2.75) is 11.3 Å². The van der Waals surface area contributed by atoms with Gasteiger partial charge in [-0.1, -0.05) is 11.8 Å². The first-order valence-electron chi connectivity index (χ1n) is 6.14. The fourth-order valence-electron chi connectivity index (χ4n) is 1.51. The molecule has 22 heavy (non-hydrogen) atoms. The second kappa shape index (κ2) is 7.18. The number of alkyl carbamates (subject to hydrolysis) is 1. The van der Waals surface area contributed by atoms with E-state index in [1.165, 1.54) is 23.5 Å². The Labute approximate surface area is 133 Å². The van der Waals surface area contributed by atoms with Crippen molar-refractivity contribution in [2.75, 3.05) is 12.4 Å². The van der Waals surface area contributed by atoms with Crippen molar-refractivity contribution in [3.05, 3.63) is 28.3 Å². The number of amides is 2. The third-order valence-corrected chi connectivity index (χ3v) is 4.57. The van der Waals surface area contributed by atoms with E-state index in [1.807, 2.05) is 0 Å². The molecule has 1 N–H and O–H groups in total. The number of nitrogens with one attached hydrogen (secondary N) is 1. The summed E-state index contributed by atoms with van der Waals surface area (Å²) >= 11 is 2.40. The lowest BCUT2D eigenvalue weighted by Crippen LogP contribution is -2.32. The molecule has 1 aromatic carbocycles. The van der Waals surface area contributed by atoms with Crippen LogP contribution in [0.2, 0.25) is 0 Å². The van der Waals surface area contributed by atoms with Crippen LogP contribution in [0.25, 0.3) is 10.2 Å². The van der Waals surface area contributed by atoms with Crippen LogP contribution in [-0.4, -0.2) is 34.3 Å². The number of ether oxygens (including phenoxy) is 1. The maximum atomic E-state index is 11.5. The van der Waals surface area contributed by atoms with Crippen LogP contribution < -0.4 is 5.32 Å². The predicted molar refractivity (Wildman–Crippen MR) is 82.2 cm³/mol. The first kappa shape index (κ1) is 16.2. The van der Waals surface area contributed by atoms with Crippen molar-refractivity contribution in [3.63, 3.8) is 0 Å². The van der Waals surface area contributed by atoms with Crippen LogP contribution in [-0.2, 0) is 9.53 Å². The number of fused-ring (bicyclic) bond motifs is 1. The summed E-state index contributed by atoms with van der Waals surface area (Å²) in [6.07, 6.45) is -0.784. The smallest absolute Gasteiger partial charge is 0.413 e. The number of thiazole rings is 1. The minimum absolute atomic E-state index is 0.000724. The molecule has 0 radical (unpaired) electrons. The van der Waals surface area contributed by atoms with Crippen molar-refractivity contribution in [1.82, 2.24) is 10.3 Å². The molecule has 0 unspecified atom stereocenters. The van der Waals surface area contributed by atoms with E-state index in [-0.39, 0.29) is 18.0 Å². The monoisotopic (exact) mass is 341 g/mol. The Morgan fingerprint density at radius 2 is 2.27 bits per heavy atom. The van der Waals surface area contributed by atoms with Gasteiger partial charge in [0.25, 0.3) is 5.69 Å². The zero-order valence-electron chi connectivity index (χ0n) is 11.4. The Morgan fingerprint density at radius 3 is 2.95 bits per heavy atom. The maximum absolute atomic E-state index is 11.5. The normalized spacial score (nSPS) is 10.4. The van der Waals surface area contributed by atoms with Crippen LogP contribution in [0.4, 0.5) is 10.5 Å². The second-order valence-electron chi connectivity index (χ2n) is 3.95. The highest BCUT2D eigenvalue weighted by molar-refractivity contribution is 8.01. The third-order valence-electron chi connectivity index (χ3n) is 2.41. The van der Waals surface area contributed by atoms with Gasteiger partial charge in [-0.05, 0) is 13.0 Å². The van der Waals surface area contributed by atoms with Gasteiger partial charge >= 0.3 is 6.09 Å². The van der Waals surface area contributed by atoms with E-state index in [2.05, 4.69) is 15.0 Å². The first-order chi connectivity index (χ1) is 10.5. The van der Waals surface area contributed by atoms with Gasteiger partial charge in [0.15, 0.2) is 4.34 Å². The van der Waals surface area contributed by atoms with E-state index in [9.17, 15) is 19.7 Å². The van der Waals surface area contributed by atoms with Crippen molar-refractivity contribution < 1.29 is 19.2 Å². The second-order valence-corrected chi connectivity index (χ2v) is 6.20. The average molecular weight is 341 g/mol. The Bertz CT molecular complexity index is 731. The minimum Gasteiger partial charge on any atom is -0.450 e. The molecular formula is C12H11N3O5S2. The number of hydrogen-bond acceptors (Lipinski definition) is 8. The summed E-state index contributed by atoms with van der Waals surface area (Å²) in [6.45, 7) is 1.82. The van der Waals surface area contributed by atoms with E-state index in [0.717, 1.165) is 11.8 Å². The number of non-ortho nitro benzene ring substituents is 1. The molecule has 0 atom stereocenters. The molecule has 0 aliphatic heterocycles. The highest BCUT2D eigenvalue weighted by Gasteiger charge is 2.13. The number of nitrogens with zero attached hydrogens (tertiary/aromatic N) is 2. The fraction of sp³-hybridized carbons (Fsp3) is 0.250. The molecule has 0 saturated carbocycles. The molecule has 0 aliphatic rings. The first-order valence-corrected chi connectivity index (χ1v) is 7.94. The van der Waals surface area contributed by atoms with Crippen LogP contribution >= 0.6 is 23.1 Å². The SMILES string of the molecule is CCOC(=O)NC(=O)CSc1nc2ccc([N+](=O)[O-])cc2s1. The van der Waals surface area contributed by atoms with Gasteiger partial charge in [-0.15, -0.1) is 11.3 Å². The molecule has 0 fully saturated rings. The predicted octanol–water partition coefficient (Wildman–Crippen LogP) is 2.57. The van der Waals surface area contributed by atoms with E-state index in [0.29, 0.717) is 14.6 Å². The van der Waals surface area contributed by atoms with Crippen molar-refractivity contribution in [3.8, 4) is 0 Å². The molecule has 0 bridgehead atoms. The number of rotatable bonds is 5. The van der Waals surface area contributed by atoms with Crippen molar-refractivity contribution in [1.29, 1.82) is 0 Å². The largest absolute Gasteiger partial charge is 0.450 e. The molecular weight excluding hydrogens is 330 g/mol. The number of hydrogen-bond donors (Lipinski definition) is 1. The number of nitro groups is 1. The lowest BCUT2D eigenvalue weighted by molar-refractivity contribution is -0.384. The van der Waals surface area contributed by atoms with Crippen LogP contribution in [0.3, 0.4) is 0 Å². The molecule has 1 aromatic heterocycles. The lowest BCUT2D eigenvalue weighted by atomic mass is 10.3. The standard InChI is InChI=1S/C12H11N3O5S2/c1-2-20-11(17)14-10(16)6-21-12-13-8-4-3-7(15(18)19)5-9(8)22-12/h3-5H,2,6H2,1H3,(H,14,16,17). The summed E-state index contributed by atoms with van der Waals surface area (Å²) in [5, 5.41) is 12.8. The Morgan fingerprint density at radius 1 is 1.50 bits per heavy atom. The number of carbonyl (C=O) groups is 2. The summed E-state index contributed by atoms with van der Waals surface area (Å²) < 4.78 is 5.85. The molecule has 2 amide bonds. The van der Waals surface area contributed by atoms with Crippen LogP contribution in [0.1, 0.15) is 6.92 Å². The van der Waals surface area contributed by atoms with Gasteiger partial charge in [-0.2, -0.15) is 0 Å². The quantitative estimate of drug-likeness (QED) is 0.505. The average Bonchev–Trinajstić information content (AvgIpc) is 2.87.